The molecule has 0 aliphatic rings. The average molecular weight is 307 g/mol. The molecule has 0 aliphatic heterocycles. The lowest BCUT2D eigenvalue weighted by Crippen LogP contribution is -2.18. The van der Waals surface area contributed by atoms with Crippen LogP contribution in [0.1, 0.15) is 71.1 Å². The molecule has 4 nitrogen and oxygen atoms in total. The van der Waals surface area contributed by atoms with Crippen molar-refractivity contribution in [3.8, 4) is 0 Å². The van der Waals surface area contributed by atoms with Crippen molar-refractivity contribution in [1.82, 2.24) is 5.32 Å². The fraction of sp³-hybridized carbons (Fsp3) is 1.00. The summed E-state index contributed by atoms with van der Waals surface area (Å²) in [7, 11) is -0.0260. The van der Waals surface area contributed by atoms with E-state index in [1.54, 1.807) is 0 Å². The molecule has 1 N–H and O–H groups in total. The molecule has 0 rings (SSSR count). The highest BCUT2D eigenvalue weighted by Gasteiger charge is 2.19. The van der Waals surface area contributed by atoms with E-state index in [1.165, 1.54) is 72.0 Å². The number of unbranched alkanes of at least 4 members (excludes halogenated alkanes) is 9. The summed E-state index contributed by atoms with van der Waals surface area (Å²) in [6.07, 6.45) is 13.6. The van der Waals surface area contributed by atoms with Crippen LogP contribution in [0, 0.1) is 0 Å². The molecule has 0 unspecified atom stereocenters. The lowest BCUT2D eigenvalue weighted by atomic mass is 10.1. The van der Waals surface area contributed by atoms with E-state index in [2.05, 4.69) is 12.2 Å². The molecular weight excluding hydrogens is 273 g/mol. The first-order valence-electron chi connectivity index (χ1n) is 8.09. The maximum absolute atomic E-state index is 11.7. The molecule has 20 heavy (non-hydrogen) atoms. The van der Waals surface area contributed by atoms with Gasteiger partial charge in [0, 0.05) is 14.2 Å². The monoisotopic (exact) mass is 307 g/mol. The van der Waals surface area contributed by atoms with E-state index in [-0.39, 0.29) is 0 Å². The molecule has 0 aliphatic carbocycles. The lowest BCUT2D eigenvalue weighted by molar-refractivity contribution is 0.273. The van der Waals surface area contributed by atoms with Crippen LogP contribution in [0.5, 0.6) is 0 Å². The molecule has 0 spiro atoms. The van der Waals surface area contributed by atoms with Gasteiger partial charge in [-0.05, 0) is 13.0 Å². The summed E-state index contributed by atoms with van der Waals surface area (Å²) in [5.74, 6) is 0. The van der Waals surface area contributed by atoms with Crippen molar-refractivity contribution in [2.24, 2.45) is 0 Å². The molecule has 0 aromatic heterocycles. The Morgan fingerprint density at radius 1 is 0.800 bits per heavy atom. The van der Waals surface area contributed by atoms with E-state index in [4.69, 9.17) is 9.05 Å². The fourth-order valence-corrected chi connectivity index (χ4v) is 3.00. The van der Waals surface area contributed by atoms with Gasteiger partial charge in [-0.1, -0.05) is 64.7 Å². The third-order valence-electron chi connectivity index (χ3n) is 3.57. The molecule has 0 atom stereocenters. The first-order valence-corrected chi connectivity index (χ1v) is 9.82. The van der Waals surface area contributed by atoms with Gasteiger partial charge in [0.15, 0.2) is 0 Å². The van der Waals surface area contributed by atoms with Gasteiger partial charge in [-0.25, -0.2) is 0 Å². The van der Waals surface area contributed by atoms with Crippen molar-refractivity contribution in [1.29, 1.82) is 0 Å². The summed E-state index contributed by atoms with van der Waals surface area (Å²) < 4.78 is 21.4. The Labute approximate surface area is 125 Å². The van der Waals surface area contributed by atoms with Crippen LogP contribution in [0.4, 0.5) is 0 Å². The topological polar surface area (TPSA) is 47.6 Å². The zero-order chi connectivity index (χ0) is 15.1. The van der Waals surface area contributed by atoms with E-state index in [9.17, 15) is 4.57 Å². The van der Waals surface area contributed by atoms with Crippen LogP contribution in [0.15, 0.2) is 0 Å². The number of rotatable bonds is 15. The highest BCUT2D eigenvalue weighted by atomic mass is 31.2. The summed E-state index contributed by atoms with van der Waals surface area (Å²) in [5, 5.41) is 3.14. The number of nitrogens with one attached hydrogen (secondary N) is 1. The maximum atomic E-state index is 11.7. The Morgan fingerprint density at radius 3 is 1.70 bits per heavy atom. The summed E-state index contributed by atoms with van der Waals surface area (Å²) >= 11 is 0. The van der Waals surface area contributed by atoms with Crippen LogP contribution in [-0.2, 0) is 13.6 Å². The quantitative estimate of drug-likeness (QED) is 0.344. The van der Waals surface area contributed by atoms with Gasteiger partial charge < -0.3 is 14.4 Å². The highest BCUT2D eigenvalue weighted by molar-refractivity contribution is 7.53. The van der Waals surface area contributed by atoms with Crippen LogP contribution in [0.25, 0.3) is 0 Å². The second-order valence-corrected chi connectivity index (χ2v) is 7.58. The molecule has 0 aromatic carbocycles. The van der Waals surface area contributed by atoms with E-state index in [0.717, 1.165) is 13.0 Å². The van der Waals surface area contributed by atoms with Crippen molar-refractivity contribution in [3.05, 3.63) is 0 Å². The smallest absolute Gasteiger partial charge is 0.311 e. The summed E-state index contributed by atoms with van der Waals surface area (Å²) in [5.41, 5.74) is 0. The van der Waals surface area contributed by atoms with Crippen LogP contribution < -0.4 is 5.32 Å². The van der Waals surface area contributed by atoms with Gasteiger partial charge in [0.25, 0.3) is 0 Å². The van der Waals surface area contributed by atoms with Crippen molar-refractivity contribution in [2.45, 2.75) is 71.1 Å². The predicted octanol–water partition coefficient (Wildman–Crippen LogP) is 4.94. The molecule has 0 saturated heterocycles. The van der Waals surface area contributed by atoms with E-state index in [0.29, 0.717) is 6.29 Å². The molecular formula is C15H34NO3P. The zero-order valence-electron chi connectivity index (χ0n) is 13.7. The molecule has 0 fully saturated rings. The van der Waals surface area contributed by atoms with Crippen LogP contribution in [0.3, 0.4) is 0 Å². The fourth-order valence-electron chi connectivity index (χ4n) is 2.16. The summed E-state index contributed by atoms with van der Waals surface area (Å²) in [6.45, 7) is 3.14. The van der Waals surface area contributed by atoms with E-state index in [1.807, 2.05) is 0 Å². The van der Waals surface area contributed by atoms with Gasteiger partial charge in [0.2, 0.25) is 0 Å². The molecule has 5 heteroatoms. The SMILES string of the molecule is CCCCCCCCCCCCNCP(=O)(OC)OC. The minimum atomic E-state index is -2.87. The van der Waals surface area contributed by atoms with Crippen molar-refractivity contribution >= 4 is 7.60 Å². The van der Waals surface area contributed by atoms with Gasteiger partial charge >= 0.3 is 7.60 Å². The van der Waals surface area contributed by atoms with Gasteiger partial charge in [-0.15, -0.1) is 0 Å². The molecule has 0 saturated carbocycles. The predicted molar refractivity (Wildman–Crippen MR) is 86.3 cm³/mol. The molecule has 0 heterocycles. The zero-order valence-corrected chi connectivity index (χ0v) is 14.6. The second-order valence-electron chi connectivity index (χ2n) is 5.32. The normalized spacial score (nSPS) is 11.9. The van der Waals surface area contributed by atoms with Gasteiger partial charge in [-0.3, -0.25) is 4.57 Å². The maximum Gasteiger partial charge on any atom is 0.343 e. The minimum Gasteiger partial charge on any atom is -0.311 e. The Hall–Kier alpha value is 0.110. The Bertz CT molecular complexity index is 241. The van der Waals surface area contributed by atoms with Crippen LogP contribution >= 0.6 is 7.60 Å². The second kappa shape index (κ2) is 14.1. The van der Waals surface area contributed by atoms with Gasteiger partial charge in [0.1, 0.15) is 0 Å². The van der Waals surface area contributed by atoms with Gasteiger partial charge in [0.05, 0.1) is 6.29 Å². The standard InChI is InChI=1S/C15H34NO3P/c1-4-5-6-7-8-9-10-11-12-13-14-16-15-20(17,18-2)19-3/h16H,4-15H2,1-3H3. The van der Waals surface area contributed by atoms with Crippen LogP contribution in [-0.4, -0.2) is 27.1 Å². The average Bonchev–Trinajstić information content (AvgIpc) is 2.48. The molecule has 0 amide bonds. The largest absolute Gasteiger partial charge is 0.343 e. The van der Waals surface area contributed by atoms with E-state index >= 15 is 0 Å². The summed E-state index contributed by atoms with van der Waals surface area (Å²) in [6, 6.07) is 0. The Morgan fingerprint density at radius 2 is 1.25 bits per heavy atom. The van der Waals surface area contributed by atoms with E-state index < -0.39 is 7.60 Å². The minimum absolute atomic E-state index is 0.303. The highest BCUT2D eigenvalue weighted by Crippen LogP contribution is 2.44. The van der Waals surface area contributed by atoms with Crippen molar-refractivity contribution in [3.63, 3.8) is 0 Å². The molecule has 122 valence electrons. The first-order chi connectivity index (χ1) is 9.68. The third kappa shape index (κ3) is 11.9. The van der Waals surface area contributed by atoms with Crippen molar-refractivity contribution in [2.75, 3.05) is 27.1 Å². The van der Waals surface area contributed by atoms with Crippen LogP contribution in [0.2, 0.25) is 0 Å². The lowest BCUT2D eigenvalue weighted by Gasteiger charge is -2.13. The molecule has 0 aromatic rings. The first kappa shape index (κ1) is 20.1. The Balaban J connectivity index is 3.19. The van der Waals surface area contributed by atoms with Crippen molar-refractivity contribution < 1.29 is 13.6 Å². The molecule has 0 radical (unpaired) electrons. The summed E-state index contributed by atoms with van der Waals surface area (Å²) in [4.78, 5) is 0. The number of hydrogen-bond donors (Lipinski definition) is 1. The number of hydrogen-bond acceptors (Lipinski definition) is 4. The third-order valence-corrected chi connectivity index (χ3v) is 5.29. The van der Waals surface area contributed by atoms with Gasteiger partial charge in [-0.2, -0.15) is 0 Å². The Kier molecular flexibility index (Phi) is 14.1. The molecule has 0 bridgehead atoms.